The van der Waals surface area contributed by atoms with Gasteiger partial charge in [-0.05, 0) is 59.2 Å². The molecule has 5 nitrogen and oxygen atoms in total. The second kappa shape index (κ2) is 8.07. The molecule has 5 heteroatoms. The summed E-state index contributed by atoms with van der Waals surface area (Å²) in [7, 11) is 1.62. The number of rotatable bonds is 4. The highest BCUT2D eigenvalue weighted by molar-refractivity contribution is 6.04. The molecule has 1 fully saturated rings. The molecule has 0 unspecified atom stereocenters. The van der Waals surface area contributed by atoms with Crippen LogP contribution < -0.4 is 4.74 Å². The number of carbonyl (C=O) groups excluding carboxylic acids is 1. The van der Waals surface area contributed by atoms with E-state index in [0.717, 1.165) is 56.6 Å². The Hall–Kier alpha value is -2.92. The van der Waals surface area contributed by atoms with E-state index in [1.165, 1.54) is 21.9 Å². The number of amides is 1. The van der Waals surface area contributed by atoms with E-state index < -0.39 is 0 Å². The molecule has 3 aromatic rings. The van der Waals surface area contributed by atoms with Gasteiger partial charge < -0.3 is 14.4 Å². The predicted octanol–water partition coefficient (Wildman–Crippen LogP) is 4.01. The Kier molecular flexibility index (Phi) is 5.13. The van der Waals surface area contributed by atoms with Gasteiger partial charge in [0.2, 0.25) is 5.88 Å². The summed E-state index contributed by atoms with van der Waals surface area (Å²) in [6, 6.07) is 14.8. The number of methoxy groups -OCH3 is 1. The Labute approximate surface area is 176 Å². The van der Waals surface area contributed by atoms with Crippen molar-refractivity contribution in [3.05, 3.63) is 70.9 Å². The van der Waals surface area contributed by atoms with Crippen molar-refractivity contribution in [3.63, 3.8) is 0 Å². The third-order valence-corrected chi connectivity index (χ3v) is 6.37. The van der Waals surface area contributed by atoms with E-state index in [-0.39, 0.29) is 5.91 Å². The number of hydrogen-bond acceptors (Lipinski definition) is 4. The van der Waals surface area contributed by atoms with Crippen LogP contribution in [0.25, 0.3) is 10.8 Å². The molecule has 0 aliphatic carbocycles. The van der Waals surface area contributed by atoms with Crippen molar-refractivity contribution in [2.45, 2.75) is 31.7 Å². The van der Waals surface area contributed by atoms with Crippen molar-refractivity contribution < 1.29 is 14.3 Å². The van der Waals surface area contributed by atoms with Gasteiger partial charge in [-0.25, -0.2) is 4.98 Å². The van der Waals surface area contributed by atoms with Crippen LogP contribution in [0.5, 0.6) is 5.88 Å². The number of nitrogens with zero attached hydrogens (tertiary/aromatic N) is 2. The van der Waals surface area contributed by atoms with E-state index in [2.05, 4.69) is 40.2 Å². The van der Waals surface area contributed by atoms with E-state index in [4.69, 9.17) is 9.47 Å². The normalized spacial score (nSPS) is 17.2. The fourth-order valence-corrected chi connectivity index (χ4v) is 4.81. The molecule has 5 rings (SSSR count). The number of ether oxygens (including phenoxy) is 2. The van der Waals surface area contributed by atoms with Gasteiger partial charge in [0, 0.05) is 43.6 Å². The number of fused-ring (bicyclic) bond motifs is 3. The average Bonchev–Trinajstić information content (AvgIpc) is 2.81. The van der Waals surface area contributed by atoms with Crippen molar-refractivity contribution in [1.29, 1.82) is 0 Å². The van der Waals surface area contributed by atoms with Crippen molar-refractivity contribution >= 4 is 16.7 Å². The molecule has 154 valence electrons. The molecule has 30 heavy (non-hydrogen) atoms. The standard InChI is InChI=1S/C25H26N2O3/c1-29-24-7-6-17(16-26-24)14-18-15-23-22(21-5-3-2-4-20(18)21)8-11-27(25(23)28)19-9-12-30-13-10-19/h2-7,15-16,19H,8-14H2,1H3. The van der Waals surface area contributed by atoms with Crippen LogP contribution in [0.15, 0.2) is 48.7 Å². The Bertz CT molecular complexity index is 1070. The maximum atomic E-state index is 13.5. The van der Waals surface area contributed by atoms with Crippen LogP contribution in [0.1, 0.15) is 39.9 Å². The Morgan fingerprint density at radius 2 is 1.93 bits per heavy atom. The van der Waals surface area contributed by atoms with E-state index in [0.29, 0.717) is 11.9 Å². The van der Waals surface area contributed by atoms with Gasteiger partial charge in [0.1, 0.15) is 0 Å². The van der Waals surface area contributed by atoms with Gasteiger partial charge in [0.25, 0.3) is 5.91 Å². The number of pyridine rings is 1. The molecule has 0 radical (unpaired) electrons. The zero-order valence-electron chi connectivity index (χ0n) is 17.3. The number of carbonyl (C=O) groups is 1. The summed E-state index contributed by atoms with van der Waals surface area (Å²) in [4.78, 5) is 19.9. The molecule has 1 saturated heterocycles. The highest BCUT2D eigenvalue weighted by Gasteiger charge is 2.32. The molecule has 2 aliphatic heterocycles. The van der Waals surface area contributed by atoms with Gasteiger partial charge in [-0.1, -0.05) is 30.3 Å². The van der Waals surface area contributed by atoms with E-state index >= 15 is 0 Å². The van der Waals surface area contributed by atoms with Gasteiger partial charge in [0.05, 0.1) is 7.11 Å². The van der Waals surface area contributed by atoms with E-state index in [1.807, 2.05) is 18.3 Å². The molecule has 0 N–H and O–H groups in total. The first-order valence-electron chi connectivity index (χ1n) is 10.7. The van der Waals surface area contributed by atoms with Crippen LogP contribution in [0.3, 0.4) is 0 Å². The topological polar surface area (TPSA) is 51.7 Å². The van der Waals surface area contributed by atoms with Crippen LogP contribution in [0, 0.1) is 0 Å². The summed E-state index contributed by atoms with van der Waals surface area (Å²) in [5, 5.41) is 2.42. The summed E-state index contributed by atoms with van der Waals surface area (Å²) >= 11 is 0. The molecule has 0 bridgehead atoms. The van der Waals surface area contributed by atoms with Crippen LogP contribution in [-0.4, -0.2) is 48.7 Å². The van der Waals surface area contributed by atoms with Crippen molar-refractivity contribution in [3.8, 4) is 5.88 Å². The third-order valence-electron chi connectivity index (χ3n) is 6.37. The summed E-state index contributed by atoms with van der Waals surface area (Å²) < 4.78 is 10.7. The minimum Gasteiger partial charge on any atom is -0.481 e. The maximum absolute atomic E-state index is 13.5. The monoisotopic (exact) mass is 402 g/mol. The lowest BCUT2D eigenvalue weighted by atomic mass is 9.87. The second-order valence-electron chi connectivity index (χ2n) is 8.09. The smallest absolute Gasteiger partial charge is 0.254 e. The van der Waals surface area contributed by atoms with Crippen molar-refractivity contribution in [2.24, 2.45) is 0 Å². The van der Waals surface area contributed by atoms with Gasteiger partial charge in [-0.15, -0.1) is 0 Å². The first-order chi connectivity index (χ1) is 14.7. The highest BCUT2D eigenvalue weighted by Crippen LogP contribution is 2.33. The van der Waals surface area contributed by atoms with Crippen LogP contribution in [0.2, 0.25) is 0 Å². The van der Waals surface area contributed by atoms with Crippen molar-refractivity contribution in [1.82, 2.24) is 9.88 Å². The lowest BCUT2D eigenvalue weighted by Crippen LogP contribution is -2.47. The summed E-state index contributed by atoms with van der Waals surface area (Å²) in [5.41, 5.74) is 4.32. The fourth-order valence-electron chi connectivity index (χ4n) is 4.81. The molecule has 2 aliphatic rings. The Morgan fingerprint density at radius 1 is 1.13 bits per heavy atom. The minimum absolute atomic E-state index is 0.169. The second-order valence-corrected chi connectivity index (χ2v) is 8.09. The number of aromatic nitrogens is 1. The first kappa shape index (κ1) is 19.1. The highest BCUT2D eigenvalue weighted by atomic mass is 16.5. The molecule has 2 aromatic carbocycles. The fraction of sp³-hybridized carbons (Fsp3) is 0.360. The molecule has 0 saturated carbocycles. The Balaban J connectivity index is 1.54. The Morgan fingerprint density at radius 3 is 2.67 bits per heavy atom. The first-order valence-corrected chi connectivity index (χ1v) is 10.7. The minimum atomic E-state index is 0.169. The summed E-state index contributed by atoms with van der Waals surface area (Å²) in [5.74, 6) is 0.777. The third kappa shape index (κ3) is 3.43. The molecular weight excluding hydrogens is 376 g/mol. The van der Waals surface area contributed by atoms with Gasteiger partial charge in [-0.2, -0.15) is 0 Å². The number of benzene rings is 2. The zero-order valence-corrected chi connectivity index (χ0v) is 17.3. The van der Waals surface area contributed by atoms with Gasteiger partial charge in [-0.3, -0.25) is 4.79 Å². The predicted molar refractivity (Wildman–Crippen MR) is 116 cm³/mol. The quantitative estimate of drug-likeness (QED) is 0.662. The SMILES string of the molecule is COc1ccc(Cc2cc3c(c4ccccc24)CCN(C2CCOCC2)C3=O)cn1. The van der Waals surface area contributed by atoms with E-state index in [9.17, 15) is 4.79 Å². The molecule has 1 aromatic heterocycles. The molecule has 0 atom stereocenters. The zero-order chi connectivity index (χ0) is 20.5. The molecule has 0 spiro atoms. The lowest BCUT2D eigenvalue weighted by Gasteiger charge is -2.38. The number of hydrogen-bond donors (Lipinski definition) is 0. The van der Waals surface area contributed by atoms with Crippen LogP contribution in [0.4, 0.5) is 0 Å². The van der Waals surface area contributed by atoms with Gasteiger partial charge >= 0.3 is 0 Å². The maximum Gasteiger partial charge on any atom is 0.254 e. The lowest BCUT2D eigenvalue weighted by molar-refractivity contribution is 0.0277. The largest absolute Gasteiger partial charge is 0.481 e. The molecule has 1 amide bonds. The summed E-state index contributed by atoms with van der Waals surface area (Å²) in [6.45, 7) is 2.28. The van der Waals surface area contributed by atoms with Crippen LogP contribution >= 0.6 is 0 Å². The van der Waals surface area contributed by atoms with Gasteiger partial charge in [0.15, 0.2) is 0 Å². The van der Waals surface area contributed by atoms with E-state index in [1.54, 1.807) is 7.11 Å². The average molecular weight is 402 g/mol. The molecular formula is C25H26N2O3. The van der Waals surface area contributed by atoms with Crippen molar-refractivity contribution in [2.75, 3.05) is 26.9 Å². The molecule has 3 heterocycles. The van der Waals surface area contributed by atoms with Crippen LogP contribution in [-0.2, 0) is 17.6 Å². The summed E-state index contributed by atoms with van der Waals surface area (Å²) in [6.07, 6.45) is 5.35.